The van der Waals surface area contributed by atoms with Crippen molar-refractivity contribution in [1.29, 1.82) is 0 Å². The van der Waals surface area contributed by atoms with Gasteiger partial charge in [-0.05, 0) is 29.8 Å². The van der Waals surface area contributed by atoms with Gasteiger partial charge in [0, 0.05) is 17.8 Å². The summed E-state index contributed by atoms with van der Waals surface area (Å²) < 4.78 is 46.3. The number of nitrogens with zero attached hydrogens (tertiary/aromatic N) is 2. The van der Waals surface area contributed by atoms with Gasteiger partial charge in [0.2, 0.25) is 0 Å². The fourth-order valence-corrected chi connectivity index (χ4v) is 2.74. The first kappa shape index (κ1) is 18.1. The molecule has 1 aromatic carbocycles. The molecule has 9 heteroatoms. The predicted molar refractivity (Wildman–Crippen MR) is 89.4 cm³/mol. The van der Waals surface area contributed by atoms with Crippen LogP contribution in [0.15, 0.2) is 42.6 Å². The first-order valence-electron chi connectivity index (χ1n) is 7.46. The maximum absolute atomic E-state index is 13.4. The van der Waals surface area contributed by atoms with Crippen molar-refractivity contribution < 1.29 is 22.7 Å². The number of ether oxygens (including phenoxy) is 1. The van der Waals surface area contributed by atoms with E-state index < -0.39 is 23.5 Å². The second kappa shape index (κ2) is 6.87. The summed E-state index contributed by atoms with van der Waals surface area (Å²) in [6.45, 7) is 0.0217. The number of carbonyl (C=O) groups is 1. The molecule has 0 unspecified atom stereocenters. The number of imidazole rings is 1. The molecule has 0 spiro atoms. The Morgan fingerprint density at radius 2 is 2.08 bits per heavy atom. The highest BCUT2D eigenvalue weighted by Crippen LogP contribution is 2.34. The van der Waals surface area contributed by atoms with Crippen molar-refractivity contribution in [2.75, 3.05) is 7.11 Å². The fraction of sp³-hybridized carbons (Fsp3) is 0.176. The minimum Gasteiger partial charge on any atom is -0.493 e. The first-order valence-corrected chi connectivity index (χ1v) is 7.84. The highest BCUT2D eigenvalue weighted by Gasteiger charge is 2.40. The van der Waals surface area contributed by atoms with Crippen LogP contribution in [0.4, 0.5) is 13.2 Å². The number of pyridine rings is 1. The number of nitrogens with one attached hydrogen (secondary N) is 1. The summed E-state index contributed by atoms with van der Waals surface area (Å²) in [5.41, 5.74) is -1.31. The number of aromatic nitrogens is 2. The number of benzene rings is 1. The van der Waals surface area contributed by atoms with Crippen LogP contribution in [0, 0.1) is 0 Å². The zero-order valence-electron chi connectivity index (χ0n) is 13.5. The topological polar surface area (TPSA) is 55.6 Å². The van der Waals surface area contributed by atoms with Gasteiger partial charge in [-0.25, -0.2) is 4.98 Å². The van der Waals surface area contributed by atoms with E-state index in [0.717, 1.165) is 4.40 Å². The van der Waals surface area contributed by atoms with Crippen molar-refractivity contribution in [3.63, 3.8) is 0 Å². The Kier molecular flexibility index (Phi) is 4.78. The zero-order chi connectivity index (χ0) is 18.9. The van der Waals surface area contributed by atoms with E-state index in [1.807, 2.05) is 0 Å². The zero-order valence-corrected chi connectivity index (χ0v) is 14.2. The summed E-state index contributed by atoms with van der Waals surface area (Å²) in [5, 5.41) is 2.94. The van der Waals surface area contributed by atoms with Gasteiger partial charge in [0.1, 0.15) is 5.69 Å². The molecule has 26 heavy (non-hydrogen) atoms. The van der Waals surface area contributed by atoms with E-state index in [4.69, 9.17) is 16.3 Å². The van der Waals surface area contributed by atoms with Gasteiger partial charge in [0.15, 0.2) is 17.1 Å². The summed E-state index contributed by atoms with van der Waals surface area (Å²) in [6, 6.07) is 9.60. The molecule has 5 nitrogen and oxygen atoms in total. The summed E-state index contributed by atoms with van der Waals surface area (Å²) in [5.74, 6) is -0.773. The second-order valence-electron chi connectivity index (χ2n) is 5.39. The maximum Gasteiger partial charge on any atom is 0.435 e. The molecular formula is C17H13ClF3N3O2. The van der Waals surface area contributed by atoms with Crippen molar-refractivity contribution in [1.82, 2.24) is 14.7 Å². The van der Waals surface area contributed by atoms with Crippen LogP contribution in [0.2, 0.25) is 5.02 Å². The highest BCUT2D eigenvalue weighted by atomic mass is 35.5. The lowest BCUT2D eigenvalue weighted by Gasteiger charge is -2.09. The van der Waals surface area contributed by atoms with Crippen molar-refractivity contribution in [2.45, 2.75) is 12.7 Å². The lowest BCUT2D eigenvalue weighted by Crippen LogP contribution is -2.27. The molecule has 1 amide bonds. The third-order valence-corrected chi connectivity index (χ3v) is 3.89. The number of halogens is 4. The Bertz CT molecular complexity index is 970. The van der Waals surface area contributed by atoms with Crippen LogP contribution in [-0.4, -0.2) is 22.4 Å². The number of amides is 1. The van der Waals surface area contributed by atoms with Crippen molar-refractivity contribution in [3.05, 3.63) is 64.6 Å². The highest BCUT2D eigenvalue weighted by molar-refractivity contribution is 6.30. The van der Waals surface area contributed by atoms with Gasteiger partial charge in [-0.15, -0.1) is 0 Å². The Morgan fingerprint density at radius 1 is 1.31 bits per heavy atom. The molecule has 1 N–H and O–H groups in total. The van der Waals surface area contributed by atoms with Gasteiger partial charge in [-0.2, -0.15) is 13.2 Å². The van der Waals surface area contributed by atoms with Crippen LogP contribution in [0.1, 0.15) is 21.7 Å². The van der Waals surface area contributed by atoms with Crippen LogP contribution < -0.4 is 10.1 Å². The number of alkyl halides is 3. The monoisotopic (exact) mass is 383 g/mol. The number of carbonyl (C=O) groups excluding carboxylic acids is 1. The molecule has 0 radical (unpaired) electrons. The van der Waals surface area contributed by atoms with Crippen LogP contribution in [-0.2, 0) is 12.7 Å². The number of fused-ring (bicyclic) bond motifs is 1. The van der Waals surface area contributed by atoms with E-state index in [2.05, 4.69) is 10.3 Å². The normalized spacial score (nSPS) is 11.6. The number of methoxy groups -OCH3 is 1. The van der Waals surface area contributed by atoms with E-state index in [9.17, 15) is 18.0 Å². The Morgan fingerprint density at radius 3 is 2.73 bits per heavy atom. The van der Waals surface area contributed by atoms with Gasteiger partial charge >= 0.3 is 6.18 Å². The Labute approximate surface area is 151 Å². The SMILES string of the molecule is COc1cccn2c(C(=O)NCc3cccc(Cl)c3)c(C(F)(F)F)nc12. The van der Waals surface area contributed by atoms with Crippen LogP contribution in [0.5, 0.6) is 5.75 Å². The molecule has 2 aromatic heterocycles. The van der Waals surface area contributed by atoms with Crippen LogP contribution in [0.3, 0.4) is 0 Å². The van der Waals surface area contributed by atoms with Crippen LogP contribution in [0.25, 0.3) is 5.65 Å². The van der Waals surface area contributed by atoms with Gasteiger partial charge in [-0.1, -0.05) is 23.7 Å². The largest absolute Gasteiger partial charge is 0.493 e. The standard InChI is InChI=1S/C17H13ClF3N3O2/c1-26-12-6-3-7-24-13(14(17(19,20)21)23-15(12)24)16(25)22-9-10-4-2-5-11(18)8-10/h2-8H,9H2,1H3,(H,22,25). The van der Waals surface area contributed by atoms with Crippen molar-refractivity contribution >= 4 is 23.2 Å². The second-order valence-corrected chi connectivity index (χ2v) is 5.83. The first-order chi connectivity index (χ1) is 12.3. The van der Waals surface area contributed by atoms with E-state index >= 15 is 0 Å². The molecule has 0 saturated heterocycles. The van der Waals surface area contributed by atoms with Gasteiger partial charge < -0.3 is 10.1 Å². The van der Waals surface area contributed by atoms with Gasteiger partial charge in [0.05, 0.1) is 7.11 Å². The van der Waals surface area contributed by atoms with Crippen LogP contribution >= 0.6 is 11.6 Å². The molecule has 0 atom stereocenters. The van der Waals surface area contributed by atoms with Crippen molar-refractivity contribution in [3.8, 4) is 5.75 Å². The minimum atomic E-state index is -4.79. The Hall–Kier alpha value is -2.74. The summed E-state index contributed by atoms with van der Waals surface area (Å²) >= 11 is 5.87. The minimum absolute atomic E-state index is 0.0217. The smallest absolute Gasteiger partial charge is 0.435 e. The molecule has 3 rings (SSSR count). The summed E-state index contributed by atoms with van der Waals surface area (Å²) in [4.78, 5) is 16.1. The quantitative estimate of drug-likeness (QED) is 0.742. The summed E-state index contributed by atoms with van der Waals surface area (Å²) in [7, 11) is 1.32. The fourth-order valence-electron chi connectivity index (χ4n) is 2.53. The van der Waals surface area contributed by atoms with E-state index in [1.54, 1.807) is 24.3 Å². The molecule has 136 valence electrons. The average Bonchev–Trinajstić information content (AvgIpc) is 3.00. The molecular weight excluding hydrogens is 371 g/mol. The lowest BCUT2D eigenvalue weighted by molar-refractivity contribution is -0.141. The third-order valence-electron chi connectivity index (χ3n) is 3.66. The average molecular weight is 384 g/mol. The number of hydrogen-bond acceptors (Lipinski definition) is 3. The molecule has 0 aliphatic rings. The molecule has 2 heterocycles. The number of rotatable bonds is 4. The molecule has 0 aliphatic heterocycles. The van der Waals surface area contributed by atoms with Gasteiger partial charge in [-0.3, -0.25) is 9.20 Å². The molecule has 0 saturated carbocycles. The Balaban J connectivity index is 2.00. The number of hydrogen-bond donors (Lipinski definition) is 1. The predicted octanol–water partition coefficient (Wildman–Crippen LogP) is 3.95. The van der Waals surface area contributed by atoms with Gasteiger partial charge in [0.25, 0.3) is 5.91 Å². The van der Waals surface area contributed by atoms with Crippen molar-refractivity contribution in [2.24, 2.45) is 0 Å². The third kappa shape index (κ3) is 3.45. The van der Waals surface area contributed by atoms with E-state index in [0.29, 0.717) is 10.6 Å². The lowest BCUT2D eigenvalue weighted by atomic mass is 10.2. The maximum atomic E-state index is 13.4. The molecule has 0 bridgehead atoms. The van der Waals surface area contributed by atoms with E-state index in [1.165, 1.54) is 25.4 Å². The molecule has 0 aliphatic carbocycles. The van der Waals surface area contributed by atoms with E-state index in [-0.39, 0.29) is 17.9 Å². The molecule has 3 aromatic rings. The summed E-state index contributed by atoms with van der Waals surface area (Å²) in [6.07, 6.45) is -3.46. The molecule has 0 fully saturated rings.